The number of hydrogen-bond donors (Lipinski definition) is 2. The monoisotopic (exact) mass is 295 g/mol. The van der Waals surface area contributed by atoms with Crippen molar-refractivity contribution >= 4 is 12.1 Å². The Morgan fingerprint density at radius 2 is 1.95 bits per heavy atom. The molecule has 5 heteroatoms. The zero-order chi connectivity index (χ0) is 15.4. The molecule has 5 nitrogen and oxygen atoms in total. The van der Waals surface area contributed by atoms with Crippen LogP contribution in [0.3, 0.4) is 0 Å². The molecular weight excluding hydrogens is 278 g/mol. The molecule has 1 fully saturated rings. The van der Waals surface area contributed by atoms with E-state index >= 15 is 0 Å². The molecule has 2 unspecified atom stereocenters. The van der Waals surface area contributed by atoms with Gasteiger partial charge in [0.2, 0.25) is 0 Å². The highest BCUT2D eigenvalue weighted by Gasteiger charge is 2.39. The molecule has 1 saturated heterocycles. The first kappa shape index (κ1) is 14.3. The standard InChI is InChI=1S/C17H17N3O2/c21-15-8-6-13(7-9-15)10-18-19-17(22)16-12-20(16)11-14-4-2-1-3-5-14/h1-10,16,21H,11-12H2,(H,19,22). The second kappa shape index (κ2) is 6.41. The molecule has 3 rings (SSSR count). The van der Waals surface area contributed by atoms with Crippen LogP contribution in [0, 0.1) is 0 Å². The molecule has 0 radical (unpaired) electrons. The number of nitrogens with zero attached hydrogens (tertiary/aromatic N) is 2. The average molecular weight is 295 g/mol. The molecule has 1 aliphatic heterocycles. The van der Waals surface area contributed by atoms with Crippen LogP contribution in [0.15, 0.2) is 59.7 Å². The van der Waals surface area contributed by atoms with E-state index in [1.807, 2.05) is 18.2 Å². The first-order valence-corrected chi connectivity index (χ1v) is 7.12. The highest BCUT2D eigenvalue weighted by Crippen LogP contribution is 2.20. The second-order valence-electron chi connectivity index (χ2n) is 5.26. The van der Waals surface area contributed by atoms with E-state index in [0.717, 1.165) is 18.7 Å². The van der Waals surface area contributed by atoms with E-state index in [4.69, 9.17) is 0 Å². The third-order valence-electron chi connectivity index (χ3n) is 3.53. The van der Waals surface area contributed by atoms with Crippen molar-refractivity contribution in [3.05, 3.63) is 65.7 Å². The topological polar surface area (TPSA) is 64.7 Å². The van der Waals surface area contributed by atoms with Gasteiger partial charge in [-0.25, -0.2) is 5.43 Å². The number of carbonyl (C=O) groups excluding carboxylic acids is 1. The number of hydrazone groups is 1. The lowest BCUT2D eigenvalue weighted by Crippen LogP contribution is -2.25. The van der Waals surface area contributed by atoms with Gasteiger partial charge in [0, 0.05) is 13.1 Å². The number of phenols is 1. The number of benzene rings is 2. The number of amides is 1. The van der Waals surface area contributed by atoms with Crippen LogP contribution in [0.4, 0.5) is 0 Å². The maximum Gasteiger partial charge on any atom is 0.258 e. The lowest BCUT2D eigenvalue weighted by molar-refractivity contribution is -0.121. The van der Waals surface area contributed by atoms with Crippen LogP contribution >= 0.6 is 0 Å². The Morgan fingerprint density at radius 3 is 2.68 bits per heavy atom. The number of carbonyl (C=O) groups is 1. The number of nitrogens with one attached hydrogen (secondary N) is 1. The first-order chi connectivity index (χ1) is 10.7. The second-order valence-corrected chi connectivity index (χ2v) is 5.26. The summed E-state index contributed by atoms with van der Waals surface area (Å²) in [5, 5.41) is 13.1. The predicted octanol–water partition coefficient (Wildman–Crippen LogP) is 1.73. The van der Waals surface area contributed by atoms with Gasteiger partial charge in [0.25, 0.3) is 5.91 Å². The van der Waals surface area contributed by atoms with Crippen molar-refractivity contribution in [1.82, 2.24) is 10.3 Å². The van der Waals surface area contributed by atoms with Crippen molar-refractivity contribution in [2.24, 2.45) is 5.10 Å². The van der Waals surface area contributed by atoms with Crippen LogP contribution in [-0.4, -0.2) is 34.7 Å². The van der Waals surface area contributed by atoms with Crippen molar-refractivity contribution in [1.29, 1.82) is 0 Å². The lowest BCUT2D eigenvalue weighted by Gasteiger charge is -2.03. The first-order valence-electron chi connectivity index (χ1n) is 7.12. The Labute approximate surface area is 128 Å². The predicted molar refractivity (Wildman–Crippen MR) is 84.5 cm³/mol. The largest absolute Gasteiger partial charge is 0.508 e. The summed E-state index contributed by atoms with van der Waals surface area (Å²) < 4.78 is 0. The van der Waals surface area contributed by atoms with Crippen LogP contribution in [0.2, 0.25) is 0 Å². The van der Waals surface area contributed by atoms with Crippen LogP contribution in [0.5, 0.6) is 5.75 Å². The molecular formula is C17H17N3O2. The summed E-state index contributed by atoms with van der Waals surface area (Å²) in [6.07, 6.45) is 1.56. The van der Waals surface area contributed by atoms with E-state index in [1.165, 1.54) is 5.56 Å². The van der Waals surface area contributed by atoms with E-state index < -0.39 is 0 Å². The Morgan fingerprint density at radius 1 is 1.23 bits per heavy atom. The number of aromatic hydroxyl groups is 1. The lowest BCUT2D eigenvalue weighted by atomic mass is 10.2. The van der Waals surface area contributed by atoms with Gasteiger partial charge in [-0.1, -0.05) is 30.3 Å². The minimum Gasteiger partial charge on any atom is -0.508 e. The number of rotatable bonds is 5. The van der Waals surface area contributed by atoms with E-state index in [9.17, 15) is 9.90 Å². The fourth-order valence-electron chi connectivity index (χ4n) is 2.22. The highest BCUT2D eigenvalue weighted by atomic mass is 16.3. The zero-order valence-corrected chi connectivity index (χ0v) is 12.0. The SMILES string of the molecule is O=C(NN=Cc1ccc(O)cc1)C1CN1Cc1ccccc1. The maximum absolute atomic E-state index is 11.9. The molecule has 1 heterocycles. The summed E-state index contributed by atoms with van der Waals surface area (Å²) in [6.45, 7) is 1.54. The molecule has 2 aromatic carbocycles. The van der Waals surface area contributed by atoms with Gasteiger partial charge in [0.05, 0.1) is 6.21 Å². The third kappa shape index (κ3) is 3.71. The van der Waals surface area contributed by atoms with Crippen LogP contribution < -0.4 is 5.43 Å². The molecule has 22 heavy (non-hydrogen) atoms. The smallest absolute Gasteiger partial charge is 0.258 e. The molecule has 0 aromatic heterocycles. The molecule has 2 atom stereocenters. The molecule has 0 spiro atoms. The molecule has 2 aromatic rings. The third-order valence-corrected chi connectivity index (χ3v) is 3.53. The van der Waals surface area contributed by atoms with Gasteiger partial charge < -0.3 is 5.11 Å². The fourth-order valence-corrected chi connectivity index (χ4v) is 2.22. The Kier molecular flexibility index (Phi) is 4.16. The summed E-state index contributed by atoms with van der Waals surface area (Å²) >= 11 is 0. The summed E-state index contributed by atoms with van der Waals surface area (Å²) in [6, 6.07) is 16.6. The number of hydrogen-bond acceptors (Lipinski definition) is 4. The highest BCUT2D eigenvalue weighted by molar-refractivity contribution is 5.86. The average Bonchev–Trinajstić information content (AvgIpc) is 3.29. The van der Waals surface area contributed by atoms with E-state index in [1.54, 1.807) is 30.5 Å². The van der Waals surface area contributed by atoms with E-state index in [2.05, 4.69) is 27.6 Å². The van der Waals surface area contributed by atoms with Gasteiger partial charge in [-0.15, -0.1) is 0 Å². The summed E-state index contributed by atoms with van der Waals surface area (Å²) in [7, 11) is 0. The normalized spacial score (nSPS) is 20.0. The van der Waals surface area contributed by atoms with Gasteiger partial charge >= 0.3 is 0 Å². The van der Waals surface area contributed by atoms with Crippen molar-refractivity contribution in [3.8, 4) is 5.75 Å². The van der Waals surface area contributed by atoms with Gasteiger partial charge in [-0.3, -0.25) is 9.69 Å². The summed E-state index contributed by atoms with van der Waals surface area (Å²) in [4.78, 5) is 14.0. The molecule has 2 N–H and O–H groups in total. The van der Waals surface area contributed by atoms with Gasteiger partial charge in [0.15, 0.2) is 0 Å². The Bertz CT molecular complexity index is 668. The van der Waals surface area contributed by atoms with Crippen molar-refractivity contribution in [3.63, 3.8) is 0 Å². The molecule has 112 valence electrons. The van der Waals surface area contributed by atoms with E-state index in [-0.39, 0.29) is 17.7 Å². The number of phenolic OH excluding ortho intramolecular Hbond substituents is 1. The molecule has 0 saturated carbocycles. The van der Waals surface area contributed by atoms with Crippen LogP contribution in [-0.2, 0) is 11.3 Å². The van der Waals surface area contributed by atoms with Gasteiger partial charge in [-0.05, 0) is 35.4 Å². The van der Waals surface area contributed by atoms with E-state index in [0.29, 0.717) is 0 Å². The van der Waals surface area contributed by atoms with Crippen LogP contribution in [0.1, 0.15) is 11.1 Å². The van der Waals surface area contributed by atoms with Crippen LogP contribution in [0.25, 0.3) is 0 Å². The van der Waals surface area contributed by atoms with Crippen molar-refractivity contribution in [2.75, 3.05) is 6.54 Å². The summed E-state index contributed by atoms with van der Waals surface area (Å²) in [5.41, 5.74) is 4.56. The van der Waals surface area contributed by atoms with Gasteiger partial charge in [0.1, 0.15) is 11.8 Å². The molecule has 0 aliphatic carbocycles. The van der Waals surface area contributed by atoms with Crippen molar-refractivity contribution < 1.29 is 9.90 Å². The minimum absolute atomic E-state index is 0.0917. The zero-order valence-electron chi connectivity index (χ0n) is 12.0. The minimum atomic E-state index is -0.0998. The Balaban J connectivity index is 1.46. The molecule has 0 bridgehead atoms. The molecule has 1 amide bonds. The Hall–Kier alpha value is -2.66. The van der Waals surface area contributed by atoms with Crippen molar-refractivity contribution in [2.45, 2.75) is 12.6 Å². The maximum atomic E-state index is 11.9. The quantitative estimate of drug-likeness (QED) is 0.501. The van der Waals surface area contributed by atoms with Gasteiger partial charge in [-0.2, -0.15) is 5.10 Å². The fraction of sp³-hybridized carbons (Fsp3) is 0.176. The summed E-state index contributed by atoms with van der Waals surface area (Å²) in [5.74, 6) is 0.113. The molecule has 1 aliphatic rings.